The number of amides is 1. The first kappa shape index (κ1) is 28.0. The lowest BCUT2D eigenvalue weighted by molar-refractivity contribution is -0.113. The maximum Gasteiger partial charge on any atom is 0.255 e. The fourth-order valence-electron chi connectivity index (χ4n) is 4.15. The maximum atomic E-state index is 14.0. The maximum absolute atomic E-state index is 14.0. The molecule has 3 aromatic carbocycles. The summed E-state index contributed by atoms with van der Waals surface area (Å²) in [6, 6.07) is 14.2. The summed E-state index contributed by atoms with van der Waals surface area (Å²) >= 11 is 11.6. The number of hydrogen-bond acceptors (Lipinski definition) is 6. The molecule has 1 amide bonds. The molecule has 1 atom stereocenters. The van der Waals surface area contributed by atoms with Crippen LogP contribution in [0.2, 0.25) is 5.02 Å². The second kappa shape index (κ2) is 12.2. The summed E-state index contributed by atoms with van der Waals surface area (Å²) in [5, 5.41) is 9.76. The number of benzene rings is 3. The third-order valence-electron chi connectivity index (χ3n) is 6.10. The number of thiocarbonyl (C=S) groups is 1. The molecule has 3 aromatic rings. The molecule has 0 unspecified atom stereocenters. The van der Waals surface area contributed by atoms with Crippen molar-refractivity contribution in [3.8, 4) is 23.0 Å². The molecule has 0 spiro atoms. The van der Waals surface area contributed by atoms with Crippen molar-refractivity contribution in [2.24, 2.45) is 0 Å². The predicted molar refractivity (Wildman–Crippen MR) is 151 cm³/mol. The van der Waals surface area contributed by atoms with Gasteiger partial charge in [-0.25, -0.2) is 4.39 Å². The Hall–Kier alpha value is -4.02. The Morgan fingerprint density at radius 2 is 1.72 bits per heavy atom. The number of allylic oxidation sites excluding steroid dienone is 1. The van der Waals surface area contributed by atoms with E-state index < -0.39 is 11.9 Å². The molecule has 0 fully saturated rings. The van der Waals surface area contributed by atoms with Crippen molar-refractivity contribution in [2.75, 3.05) is 26.6 Å². The van der Waals surface area contributed by atoms with Gasteiger partial charge in [-0.3, -0.25) is 4.79 Å². The summed E-state index contributed by atoms with van der Waals surface area (Å²) in [7, 11) is 4.46. The highest BCUT2D eigenvalue weighted by Crippen LogP contribution is 2.38. The van der Waals surface area contributed by atoms with Gasteiger partial charge < -0.3 is 34.9 Å². The Morgan fingerprint density at radius 1 is 1.00 bits per heavy atom. The average Bonchev–Trinajstić information content (AvgIpc) is 2.92. The average molecular weight is 572 g/mol. The van der Waals surface area contributed by atoms with Gasteiger partial charge in [-0.15, -0.1) is 0 Å². The number of ether oxygens (including phenoxy) is 4. The lowest BCUT2D eigenvalue weighted by atomic mass is 9.94. The lowest BCUT2D eigenvalue weighted by Crippen LogP contribution is -2.45. The second-order valence-corrected chi connectivity index (χ2v) is 9.32. The zero-order valence-corrected chi connectivity index (χ0v) is 23.3. The Bertz CT molecular complexity index is 1450. The van der Waals surface area contributed by atoms with Gasteiger partial charge in [0.15, 0.2) is 16.6 Å². The zero-order valence-electron chi connectivity index (χ0n) is 21.7. The first-order valence-corrected chi connectivity index (χ1v) is 12.6. The molecule has 4 rings (SSSR count). The van der Waals surface area contributed by atoms with Crippen molar-refractivity contribution in [3.63, 3.8) is 0 Å². The number of hydrogen-bond donors (Lipinski definition) is 3. The van der Waals surface area contributed by atoms with E-state index in [1.807, 2.05) is 0 Å². The van der Waals surface area contributed by atoms with Gasteiger partial charge in [0, 0.05) is 23.4 Å². The van der Waals surface area contributed by atoms with Crippen LogP contribution in [0.4, 0.5) is 10.1 Å². The SMILES string of the molecule is COc1cc(NC(=O)C2=C(C)NC(=S)N[C@H]2c2ccc(OCc3ccccc3F)c(OC)c2)c(OC)cc1Cl. The van der Waals surface area contributed by atoms with Crippen LogP contribution >= 0.6 is 23.8 Å². The minimum absolute atomic E-state index is 0.0249. The van der Waals surface area contributed by atoms with Crippen LogP contribution in [0.5, 0.6) is 23.0 Å². The quantitative estimate of drug-likeness (QED) is 0.290. The van der Waals surface area contributed by atoms with E-state index in [1.165, 1.54) is 27.4 Å². The summed E-state index contributed by atoms with van der Waals surface area (Å²) in [5.41, 5.74) is 2.45. The van der Waals surface area contributed by atoms with E-state index in [4.69, 9.17) is 42.8 Å². The van der Waals surface area contributed by atoms with Crippen LogP contribution in [0, 0.1) is 5.82 Å². The molecule has 204 valence electrons. The van der Waals surface area contributed by atoms with Gasteiger partial charge >= 0.3 is 0 Å². The van der Waals surface area contributed by atoms with E-state index in [1.54, 1.807) is 55.5 Å². The molecule has 1 aliphatic heterocycles. The van der Waals surface area contributed by atoms with Gasteiger partial charge in [-0.2, -0.15) is 0 Å². The van der Waals surface area contributed by atoms with Gasteiger partial charge in [0.2, 0.25) is 0 Å². The van der Waals surface area contributed by atoms with Gasteiger partial charge in [0.1, 0.15) is 23.9 Å². The summed E-state index contributed by atoms with van der Waals surface area (Å²) in [6.07, 6.45) is 0. The molecular formula is C28H27ClFN3O5S. The van der Waals surface area contributed by atoms with Crippen LogP contribution in [0.3, 0.4) is 0 Å². The lowest BCUT2D eigenvalue weighted by Gasteiger charge is -2.31. The van der Waals surface area contributed by atoms with E-state index >= 15 is 0 Å². The van der Waals surface area contributed by atoms with Crippen LogP contribution in [-0.4, -0.2) is 32.3 Å². The third-order valence-corrected chi connectivity index (χ3v) is 6.61. The Balaban J connectivity index is 1.63. The van der Waals surface area contributed by atoms with Crippen molar-refractivity contribution in [3.05, 3.63) is 87.8 Å². The Labute approximate surface area is 236 Å². The summed E-state index contributed by atoms with van der Waals surface area (Å²) < 4.78 is 36.1. The largest absolute Gasteiger partial charge is 0.495 e. The van der Waals surface area contributed by atoms with E-state index in [9.17, 15) is 9.18 Å². The van der Waals surface area contributed by atoms with E-state index in [0.29, 0.717) is 61.2 Å². The molecule has 0 aromatic heterocycles. The van der Waals surface area contributed by atoms with Gasteiger partial charge in [0.05, 0.1) is 43.7 Å². The van der Waals surface area contributed by atoms with E-state index in [0.717, 1.165) is 0 Å². The van der Waals surface area contributed by atoms with Crippen molar-refractivity contribution in [1.29, 1.82) is 0 Å². The Morgan fingerprint density at radius 3 is 2.41 bits per heavy atom. The highest BCUT2D eigenvalue weighted by molar-refractivity contribution is 7.80. The third kappa shape index (κ3) is 6.18. The van der Waals surface area contributed by atoms with Crippen LogP contribution < -0.4 is 34.9 Å². The van der Waals surface area contributed by atoms with Crippen LogP contribution in [0.15, 0.2) is 65.9 Å². The molecule has 8 nitrogen and oxygen atoms in total. The second-order valence-electron chi connectivity index (χ2n) is 8.50. The summed E-state index contributed by atoms with van der Waals surface area (Å²) in [6.45, 7) is 1.79. The van der Waals surface area contributed by atoms with Gasteiger partial charge in [-0.1, -0.05) is 35.9 Å². The molecule has 3 N–H and O–H groups in total. The highest BCUT2D eigenvalue weighted by atomic mass is 35.5. The van der Waals surface area contributed by atoms with Crippen molar-refractivity contribution in [1.82, 2.24) is 10.6 Å². The number of methoxy groups -OCH3 is 3. The first-order chi connectivity index (χ1) is 18.7. The van der Waals surface area contributed by atoms with Gasteiger partial charge in [0.25, 0.3) is 5.91 Å². The van der Waals surface area contributed by atoms with Crippen LogP contribution in [0.25, 0.3) is 0 Å². The van der Waals surface area contributed by atoms with Crippen LogP contribution in [-0.2, 0) is 11.4 Å². The minimum Gasteiger partial charge on any atom is -0.495 e. The molecular weight excluding hydrogens is 545 g/mol. The topological polar surface area (TPSA) is 90.1 Å². The molecule has 0 saturated heterocycles. The molecule has 39 heavy (non-hydrogen) atoms. The fourth-order valence-corrected chi connectivity index (χ4v) is 4.65. The zero-order chi connectivity index (χ0) is 28.1. The fraction of sp³-hybridized carbons (Fsp3) is 0.214. The van der Waals surface area contributed by atoms with Crippen LogP contribution in [0.1, 0.15) is 24.1 Å². The number of halogens is 2. The molecule has 0 aliphatic carbocycles. The molecule has 1 heterocycles. The van der Waals surface area contributed by atoms with Crippen molar-refractivity contribution in [2.45, 2.75) is 19.6 Å². The molecule has 0 radical (unpaired) electrons. The molecule has 0 bridgehead atoms. The highest BCUT2D eigenvalue weighted by Gasteiger charge is 2.31. The Kier molecular flexibility index (Phi) is 8.78. The first-order valence-electron chi connectivity index (χ1n) is 11.8. The number of nitrogens with one attached hydrogen (secondary N) is 3. The minimum atomic E-state index is -0.617. The van der Waals surface area contributed by atoms with Crippen molar-refractivity contribution >= 4 is 40.5 Å². The molecule has 11 heteroatoms. The molecule has 1 aliphatic rings. The standard InChI is InChI=1S/C28H27ClFN3O5S/c1-15-25(27(34)32-20-13-22(35-2)18(29)12-23(20)36-3)26(33-28(39)31-15)16-9-10-21(24(11-16)37-4)38-14-17-7-5-6-8-19(17)30/h5-13,26H,14H2,1-4H3,(H,32,34)(H2,31,33,39)/t26-/m0/s1. The normalized spacial score (nSPS) is 14.7. The molecule has 0 saturated carbocycles. The summed E-state index contributed by atoms with van der Waals surface area (Å²) in [5.74, 6) is 0.830. The van der Waals surface area contributed by atoms with Gasteiger partial charge in [-0.05, 0) is 42.9 Å². The summed E-state index contributed by atoms with van der Waals surface area (Å²) in [4.78, 5) is 13.6. The van der Waals surface area contributed by atoms with Crippen molar-refractivity contribution < 1.29 is 28.1 Å². The number of anilines is 1. The smallest absolute Gasteiger partial charge is 0.255 e. The van der Waals surface area contributed by atoms with E-state index in [-0.39, 0.29) is 12.4 Å². The van der Waals surface area contributed by atoms with E-state index in [2.05, 4.69) is 16.0 Å². The number of carbonyl (C=O) groups is 1. The number of rotatable bonds is 9. The number of carbonyl (C=O) groups excluding carboxylic acids is 1. The monoisotopic (exact) mass is 571 g/mol. The predicted octanol–water partition coefficient (Wildman–Crippen LogP) is 5.52.